The predicted octanol–water partition coefficient (Wildman–Crippen LogP) is 1.39. The zero-order valence-corrected chi connectivity index (χ0v) is 10.2. The lowest BCUT2D eigenvalue weighted by Gasteiger charge is -2.11. The summed E-state index contributed by atoms with van der Waals surface area (Å²) >= 11 is 0. The zero-order chi connectivity index (χ0) is 12.9. The van der Waals surface area contributed by atoms with Gasteiger partial charge in [-0.15, -0.1) is 0 Å². The Balaban J connectivity index is 2.79. The van der Waals surface area contributed by atoms with Gasteiger partial charge in [-0.3, -0.25) is 9.59 Å². The van der Waals surface area contributed by atoms with Crippen LogP contribution in [-0.4, -0.2) is 9.13 Å². The number of aryl methyl sites for hydroxylation is 2. The number of hydrogen-bond acceptors (Lipinski definition) is 2. The molecule has 0 aliphatic heterocycles. The summed E-state index contributed by atoms with van der Waals surface area (Å²) in [4.78, 5) is 23.7. The Hall–Kier alpha value is -2.36. The van der Waals surface area contributed by atoms with Gasteiger partial charge in [0.25, 0.3) is 0 Å². The molecule has 0 saturated carbocycles. The van der Waals surface area contributed by atoms with Crippen molar-refractivity contribution in [3.8, 4) is 0 Å². The molecule has 4 nitrogen and oxygen atoms in total. The first kappa shape index (κ1) is 10.8. The smallest absolute Gasteiger partial charge is 0.189 e. The van der Waals surface area contributed by atoms with Crippen molar-refractivity contribution in [2.24, 2.45) is 14.1 Å². The Morgan fingerprint density at radius 2 is 1.11 bits per heavy atom. The molecule has 0 atom stereocenters. The van der Waals surface area contributed by atoms with Crippen molar-refractivity contribution in [1.29, 1.82) is 0 Å². The molecule has 0 aliphatic rings. The fourth-order valence-corrected chi connectivity index (χ4v) is 2.38. The molecule has 3 rings (SSSR count). The average molecular weight is 240 g/mol. The molecule has 0 aliphatic carbocycles. The molecule has 18 heavy (non-hydrogen) atoms. The molecule has 0 unspecified atom stereocenters. The van der Waals surface area contributed by atoms with Crippen LogP contribution >= 0.6 is 0 Å². The van der Waals surface area contributed by atoms with Crippen LogP contribution in [0.15, 0.2) is 46.2 Å². The van der Waals surface area contributed by atoms with E-state index in [1.807, 2.05) is 23.2 Å². The Morgan fingerprint density at radius 3 is 1.50 bits per heavy atom. The van der Waals surface area contributed by atoms with Gasteiger partial charge < -0.3 is 9.13 Å². The molecule has 0 fully saturated rings. The average Bonchev–Trinajstić information content (AvgIpc) is 2.37. The van der Waals surface area contributed by atoms with E-state index in [0.717, 1.165) is 11.0 Å². The lowest BCUT2D eigenvalue weighted by molar-refractivity contribution is 0.921. The van der Waals surface area contributed by atoms with Gasteiger partial charge in [0.1, 0.15) is 0 Å². The van der Waals surface area contributed by atoms with Crippen molar-refractivity contribution in [3.63, 3.8) is 0 Å². The molecule has 2 heterocycles. The van der Waals surface area contributed by atoms with Crippen LogP contribution in [0, 0.1) is 0 Å². The Bertz CT molecular complexity index is 813. The third kappa shape index (κ3) is 1.32. The van der Waals surface area contributed by atoms with E-state index in [0.29, 0.717) is 10.8 Å². The summed E-state index contributed by atoms with van der Waals surface area (Å²) in [6.07, 6.45) is 3.45. The highest BCUT2D eigenvalue weighted by Gasteiger charge is 2.09. The van der Waals surface area contributed by atoms with Crippen molar-refractivity contribution in [2.45, 2.75) is 0 Å². The molecule has 90 valence electrons. The number of fused-ring (bicyclic) bond motifs is 3. The third-order valence-corrected chi connectivity index (χ3v) is 3.29. The molecule has 2 aromatic heterocycles. The second kappa shape index (κ2) is 3.57. The van der Waals surface area contributed by atoms with E-state index in [4.69, 9.17) is 0 Å². The maximum atomic E-state index is 11.9. The van der Waals surface area contributed by atoms with Crippen LogP contribution in [0.4, 0.5) is 0 Å². The van der Waals surface area contributed by atoms with Gasteiger partial charge in [0, 0.05) is 49.4 Å². The van der Waals surface area contributed by atoms with Gasteiger partial charge in [0.05, 0.1) is 11.0 Å². The second-order valence-corrected chi connectivity index (χ2v) is 4.44. The Morgan fingerprint density at radius 1 is 0.722 bits per heavy atom. The summed E-state index contributed by atoms with van der Waals surface area (Å²) in [7, 11) is 3.75. The quantitative estimate of drug-likeness (QED) is 0.557. The van der Waals surface area contributed by atoms with E-state index in [1.54, 1.807) is 24.5 Å². The van der Waals surface area contributed by atoms with Crippen molar-refractivity contribution in [3.05, 3.63) is 57.1 Å². The highest BCUT2D eigenvalue weighted by atomic mass is 16.1. The van der Waals surface area contributed by atoms with Gasteiger partial charge in [0.2, 0.25) is 0 Å². The predicted molar refractivity (Wildman–Crippen MR) is 71.9 cm³/mol. The highest BCUT2D eigenvalue weighted by molar-refractivity contribution is 6.03. The number of nitrogens with zero attached hydrogens (tertiary/aromatic N) is 2. The normalized spacial score (nSPS) is 11.2. The molecule has 0 radical (unpaired) electrons. The summed E-state index contributed by atoms with van der Waals surface area (Å²) in [5.41, 5.74) is 1.53. The second-order valence-electron chi connectivity index (χ2n) is 4.44. The minimum atomic E-state index is -0.0266. The van der Waals surface area contributed by atoms with Gasteiger partial charge in [0.15, 0.2) is 10.9 Å². The van der Waals surface area contributed by atoms with Gasteiger partial charge >= 0.3 is 0 Å². The maximum Gasteiger partial charge on any atom is 0.189 e. The van der Waals surface area contributed by atoms with E-state index < -0.39 is 0 Å². The fraction of sp³-hybridized carbons (Fsp3) is 0.143. The zero-order valence-electron chi connectivity index (χ0n) is 10.2. The van der Waals surface area contributed by atoms with E-state index in [1.165, 1.54) is 12.1 Å². The summed E-state index contributed by atoms with van der Waals surface area (Å²) in [6.45, 7) is 0. The fourth-order valence-electron chi connectivity index (χ4n) is 2.38. The Kier molecular flexibility index (Phi) is 2.13. The standard InChI is InChI=1S/C14H12N2O2/c1-15-7-5-11(17)9-3-4-10-12(18)6-8-16(2)14(10)13(9)15/h3-8H,1-2H3. The molecule has 0 bridgehead atoms. The van der Waals surface area contributed by atoms with Crippen molar-refractivity contribution in [1.82, 2.24) is 9.13 Å². The van der Waals surface area contributed by atoms with Crippen molar-refractivity contribution >= 4 is 21.8 Å². The molecule has 0 saturated heterocycles. The van der Waals surface area contributed by atoms with Gasteiger partial charge in [-0.2, -0.15) is 0 Å². The number of aromatic nitrogens is 2. The van der Waals surface area contributed by atoms with E-state index >= 15 is 0 Å². The lowest BCUT2D eigenvalue weighted by Crippen LogP contribution is -2.11. The summed E-state index contributed by atoms with van der Waals surface area (Å²) in [5.74, 6) is 0. The summed E-state index contributed by atoms with van der Waals surface area (Å²) in [5, 5.41) is 1.27. The van der Waals surface area contributed by atoms with Crippen LogP contribution in [0.25, 0.3) is 21.8 Å². The summed E-state index contributed by atoms with van der Waals surface area (Å²) < 4.78 is 3.75. The van der Waals surface area contributed by atoms with Crippen LogP contribution in [0.3, 0.4) is 0 Å². The van der Waals surface area contributed by atoms with Crippen LogP contribution in [-0.2, 0) is 14.1 Å². The van der Waals surface area contributed by atoms with E-state index in [-0.39, 0.29) is 10.9 Å². The minimum absolute atomic E-state index is 0.0266. The molecular weight excluding hydrogens is 228 g/mol. The number of hydrogen-bond donors (Lipinski definition) is 0. The molecular formula is C14H12N2O2. The topological polar surface area (TPSA) is 44.0 Å². The minimum Gasteiger partial charge on any atom is -0.349 e. The van der Waals surface area contributed by atoms with Crippen molar-refractivity contribution in [2.75, 3.05) is 0 Å². The van der Waals surface area contributed by atoms with Gasteiger partial charge in [-0.25, -0.2) is 0 Å². The Labute approximate surface area is 103 Å². The number of pyridine rings is 2. The number of benzene rings is 1. The van der Waals surface area contributed by atoms with E-state index in [9.17, 15) is 9.59 Å². The first-order valence-corrected chi connectivity index (χ1v) is 5.67. The molecule has 4 heteroatoms. The maximum absolute atomic E-state index is 11.9. The van der Waals surface area contributed by atoms with Crippen LogP contribution < -0.4 is 10.9 Å². The first-order valence-electron chi connectivity index (χ1n) is 5.67. The highest BCUT2D eigenvalue weighted by Crippen LogP contribution is 2.19. The first-order chi connectivity index (χ1) is 8.59. The monoisotopic (exact) mass is 240 g/mol. The van der Waals surface area contributed by atoms with Crippen LogP contribution in [0.2, 0.25) is 0 Å². The molecule has 0 spiro atoms. The lowest BCUT2D eigenvalue weighted by atomic mass is 10.1. The number of rotatable bonds is 0. The molecule has 0 amide bonds. The van der Waals surface area contributed by atoms with Crippen LogP contribution in [0.5, 0.6) is 0 Å². The molecule has 1 aromatic carbocycles. The summed E-state index contributed by atoms with van der Waals surface area (Å²) in [6, 6.07) is 6.52. The molecule has 3 aromatic rings. The van der Waals surface area contributed by atoms with Gasteiger partial charge in [-0.1, -0.05) is 0 Å². The third-order valence-electron chi connectivity index (χ3n) is 3.29. The largest absolute Gasteiger partial charge is 0.349 e. The van der Waals surface area contributed by atoms with Gasteiger partial charge in [-0.05, 0) is 12.1 Å². The van der Waals surface area contributed by atoms with E-state index in [2.05, 4.69) is 0 Å². The van der Waals surface area contributed by atoms with Crippen LogP contribution in [0.1, 0.15) is 0 Å². The molecule has 0 N–H and O–H groups in total. The van der Waals surface area contributed by atoms with Crippen molar-refractivity contribution < 1.29 is 0 Å². The SMILES string of the molecule is Cn1ccc(=O)c2ccc3c(=O)ccn(C)c3c21.